The average Bonchev–Trinajstić information content (AvgIpc) is 2.96. The zero-order chi connectivity index (χ0) is 29.1. The van der Waals surface area contributed by atoms with Gasteiger partial charge in [-0.15, -0.1) is 0 Å². The Morgan fingerprint density at radius 3 is 1.85 bits per heavy atom. The summed E-state index contributed by atoms with van der Waals surface area (Å²) in [6.45, 7) is 1.72. The van der Waals surface area contributed by atoms with Crippen LogP contribution in [0.4, 0.5) is 4.79 Å². The molecule has 11 nitrogen and oxygen atoms in total. The van der Waals surface area contributed by atoms with Crippen LogP contribution in [0.5, 0.6) is 5.75 Å². The molecular formula is C29H34N6O5. The first-order valence-electron chi connectivity index (χ1n) is 12.8. The maximum Gasteiger partial charge on any atom is 0.334 e. The number of phenolic OH excluding ortho intramolecular Hbond substituents is 1. The summed E-state index contributed by atoms with van der Waals surface area (Å²) in [4.78, 5) is 49.9. The number of urea groups is 1. The van der Waals surface area contributed by atoms with Crippen LogP contribution in [0.25, 0.3) is 11.1 Å². The number of carbonyl (C=O) groups excluding carboxylic acids is 4. The Morgan fingerprint density at radius 2 is 1.27 bits per heavy atom. The van der Waals surface area contributed by atoms with Crippen molar-refractivity contribution >= 4 is 23.8 Å². The standard InChI is InChI=1S/C29H34N6O5/c1-2-23(30)27(38)34-35-29(40)33-25(17-19-10-14-22(36)15-11-19)28(39)32-24(26(31)37)16-18-8-12-21(13-9-18)20-6-4-3-5-7-20/h3-15,23-25,36H,2,16-17,30H2,1H3,(H2,31,37)(H,32,39)(H,34,38)(H2,33,35,40)/t23-,24-,25-/m0/s1. The Morgan fingerprint density at radius 1 is 0.725 bits per heavy atom. The molecule has 11 heteroatoms. The highest BCUT2D eigenvalue weighted by atomic mass is 16.3. The summed E-state index contributed by atoms with van der Waals surface area (Å²) in [6, 6.07) is 19.6. The van der Waals surface area contributed by atoms with Crippen LogP contribution < -0.4 is 33.0 Å². The molecule has 0 aliphatic heterocycles. The van der Waals surface area contributed by atoms with E-state index in [9.17, 15) is 24.3 Å². The predicted octanol–water partition coefficient (Wildman–Crippen LogP) is 1.25. The summed E-state index contributed by atoms with van der Waals surface area (Å²) in [6.07, 6.45) is 0.531. The molecule has 0 radical (unpaired) electrons. The molecule has 9 N–H and O–H groups in total. The van der Waals surface area contributed by atoms with E-state index in [2.05, 4.69) is 21.5 Å². The highest BCUT2D eigenvalue weighted by molar-refractivity contribution is 5.92. The lowest BCUT2D eigenvalue weighted by Gasteiger charge is -2.23. The topological polar surface area (TPSA) is 189 Å². The Kier molecular flexibility index (Phi) is 10.6. The molecule has 40 heavy (non-hydrogen) atoms. The van der Waals surface area contributed by atoms with Crippen molar-refractivity contribution in [2.75, 3.05) is 0 Å². The number of carbonyl (C=O) groups is 4. The minimum Gasteiger partial charge on any atom is -0.508 e. The largest absolute Gasteiger partial charge is 0.508 e. The molecular weight excluding hydrogens is 512 g/mol. The Bertz CT molecular complexity index is 1300. The SMILES string of the molecule is CC[C@H](N)C(=O)NNC(=O)N[C@@H](Cc1ccc(O)cc1)C(=O)N[C@@H](Cc1ccc(-c2ccccc2)cc1)C(N)=O. The molecule has 3 aromatic rings. The molecule has 0 fully saturated rings. The molecule has 0 aliphatic carbocycles. The number of nitrogens with one attached hydrogen (secondary N) is 4. The number of nitrogens with two attached hydrogens (primary N) is 2. The van der Waals surface area contributed by atoms with E-state index in [1.165, 1.54) is 12.1 Å². The number of amides is 5. The van der Waals surface area contributed by atoms with E-state index in [4.69, 9.17) is 11.5 Å². The Hall–Kier alpha value is -4.90. The molecule has 0 heterocycles. The van der Waals surface area contributed by atoms with E-state index in [0.717, 1.165) is 16.7 Å². The number of rotatable bonds is 11. The van der Waals surface area contributed by atoms with Crippen molar-refractivity contribution in [1.29, 1.82) is 0 Å². The van der Waals surface area contributed by atoms with Crippen LogP contribution in [0.3, 0.4) is 0 Å². The zero-order valence-electron chi connectivity index (χ0n) is 22.1. The van der Waals surface area contributed by atoms with Gasteiger partial charge in [0.15, 0.2) is 0 Å². The second kappa shape index (κ2) is 14.3. The second-order valence-electron chi connectivity index (χ2n) is 9.26. The fraction of sp³-hybridized carbons (Fsp3) is 0.241. The molecule has 0 saturated heterocycles. The van der Waals surface area contributed by atoms with Gasteiger partial charge in [0.1, 0.15) is 17.8 Å². The van der Waals surface area contributed by atoms with Crippen molar-refractivity contribution in [3.8, 4) is 16.9 Å². The zero-order valence-corrected chi connectivity index (χ0v) is 22.1. The number of phenols is 1. The van der Waals surface area contributed by atoms with Gasteiger partial charge >= 0.3 is 6.03 Å². The summed E-state index contributed by atoms with van der Waals surface area (Å²) in [7, 11) is 0. The normalized spacial score (nSPS) is 12.8. The molecule has 210 valence electrons. The predicted molar refractivity (Wildman–Crippen MR) is 150 cm³/mol. The Labute approximate surface area is 232 Å². The number of benzene rings is 3. The van der Waals surface area contributed by atoms with E-state index < -0.39 is 41.9 Å². The molecule has 3 rings (SSSR count). The van der Waals surface area contributed by atoms with Crippen LogP contribution in [0.2, 0.25) is 0 Å². The lowest BCUT2D eigenvalue weighted by atomic mass is 9.99. The molecule has 3 atom stereocenters. The van der Waals surface area contributed by atoms with Crippen molar-refractivity contribution in [3.63, 3.8) is 0 Å². The van der Waals surface area contributed by atoms with Crippen molar-refractivity contribution < 1.29 is 24.3 Å². The van der Waals surface area contributed by atoms with E-state index in [0.29, 0.717) is 12.0 Å². The molecule has 5 amide bonds. The van der Waals surface area contributed by atoms with Crippen LogP contribution in [-0.4, -0.2) is 47.0 Å². The minimum atomic E-state index is -1.15. The van der Waals surface area contributed by atoms with E-state index in [1.807, 2.05) is 54.6 Å². The van der Waals surface area contributed by atoms with Gasteiger partial charge < -0.3 is 27.2 Å². The number of primary amides is 1. The van der Waals surface area contributed by atoms with Crippen molar-refractivity contribution in [2.24, 2.45) is 11.5 Å². The third-order valence-electron chi connectivity index (χ3n) is 6.23. The molecule has 0 aliphatic rings. The fourth-order valence-electron chi connectivity index (χ4n) is 3.86. The van der Waals surface area contributed by atoms with Crippen LogP contribution in [0.1, 0.15) is 24.5 Å². The van der Waals surface area contributed by atoms with Gasteiger partial charge in [0.05, 0.1) is 6.04 Å². The summed E-state index contributed by atoms with van der Waals surface area (Å²) in [5, 5.41) is 14.7. The molecule has 0 unspecified atom stereocenters. The summed E-state index contributed by atoms with van der Waals surface area (Å²) >= 11 is 0. The fourth-order valence-corrected chi connectivity index (χ4v) is 3.86. The second-order valence-corrected chi connectivity index (χ2v) is 9.26. The van der Waals surface area contributed by atoms with Crippen LogP contribution >= 0.6 is 0 Å². The Balaban J connectivity index is 1.70. The van der Waals surface area contributed by atoms with Gasteiger partial charge in [-0.1, -0.05) is 73.7 Å². The third-order valence-corrected chi connectivity index (χ3v) is 6.23. The quantitative estimate of drug-likeness (QED) is 0.177. The maximum absolute atomic E-state index is 13.3. The molecule has 0 aromatic heterocycles. The first kappa shape index (κ1) is 29.7. The van der Waals surface area contributed by atoms with Crippen LogP contribution in [0, 0.1) is 0 Å². The first-order chi connectivity index (χ1) is 19.2. The van der Waals surface area contributed by atoms with Gasteiger partial charge in [-0.05, 0) is 40.8 Å². The van der Waals surface area contributed by atoms with Gasteiger partial charge in [0, 0.05) is 12.8 Å². The van der Waals surface area contributed by atoms with Gasteiger partial charge in [0.25, 0.3) is 5.91 Å². The summed E-state index contributed by atoms with van der Waals surface area (Å²) in [5.74, 6) is -1.96. The highest BCUT2D eigenvalue weighted by Crippen LogP contribution is 2.20. The summed E-state index contributed by atoms with van der Waals surface area (Å²) in [5.41, 5.74) is 19.1. The number of hydrogen-bond donors (Lipinski definition) is 7. The maximum atomic E-state index is 13.3. The van der Waals surface area contributed by atoms with Crippen molar-refractivity contribution in [3.05, 3.63) is 90.0 Å². The number of hydrogen-bond acceptors (Lipinski definition) is 6. The molecule has 0 saturated carbocycles. The smallest absolute Gasteiger partial charge is 0.334 e. The van der Waals surface area contributed by atoms with E-state index in [1.54, 1.807) is 19.1 Å². The van der Waals surface area contributed by atoms with E-state index in [-0.39, 0.29) is 18.6 Å². The number of hydrazine groups is 1. The summed E-state index contributed by atoms with van der Waals surface area (Å²) < 4.78 is 0. The van der Waals surface area contributed by atoms with Gasteiger partial charge in [0.2, 0.25) is 11.8 Å². The van der Waals surface area contributed by atoms with Gasteiger partial charge in [-0.25, -0.2) is 10.2 Å². The van der Waals surface area contributed by atoms with Gasteiger partial charge in [-0.3, -0.25) is 19.8 Å². The van der Waals surface area contributed by atoms with Crippen LogP contribution in [0.15, 0.2) is 78.9 Å². The van der Waals surface area contributed by atoms with Gasteiger partial charge in [-0.2, -0.15) is 0 Å². The first-order valence-corrected chi connectivity index (χ1v) is 12.8. The third kappa shape index (κ3) is 8.84. The molecule has 0 bridgehead atoms. The van der Waals surface area contributed by atoms with Crippen molar-refractivity contribution in [1.82, 2.24) is 21.5 Å². The van der Waals surface area contributed by atoms with Crippen LogP contribution in [-0.2, 0) is 27.2 Å². The molecule has 3 aromatic carbocycles. The lowest BCUT2D eigenvalue weighted by Crippen LogP contribution is -2.58. The highest BCUT2D eigenvalue weighted by Gasteiger charge is 2.26. The van der Waals surface area contributed by atoms with E-state index >= 15 is 0 Å². The lowest BCUT2D eigenvalue weighted by molar-refractivity contribution is -0.128. The number of aromatic hydroxyl groups is 1. The van der Waals surface area contributed by atoms with Crippen molar-refractivity contribution in [2.45, 2.75) is 44.3 Å². The minimum absolute atomic E-state index is 0.0270. The molecule has 0 spiro atoms. The average molecular weight is 547 g/mol. The monoisotopic (exact) mass is 546 g/mol.